The van der Waals surface area contributed by atoms with Crippen molar-refractivity contribution in [2.24, 2.45) is 29.2 Å². The second-order valence-electron chi connectivity index (χ2n) is 10.3. The molecule has 0 aliphatic rings. The maximum atomic E-state index is 13.1. The van der Waals surface area contributed by atoms with Gasteiger partial charge in [0.15, 0.2) is 0 Å². The van der Waals surface area contributed by atoms with Crippen molar-refractivity contribution < 1.29 is 24.3 Å². The van der Waals surface area contributed by atoms with E-state index in [2.05, 4.69) is 16.0 Å². The van der Waals surface area contributed by atoms with E-state index in [1.54, 1.807) is 0 Å². The van der Waals surface area contributed by atoms with E-state index in [-0.39, 0.29) is 24.2 Å². The third-order valence-corrected chi connectivity index (χ3v) is 5.30. The second-order valence-corrected chi connectivity index (χ2v) is 10.3. The maximum Gasteiger partial charge on any atom is 0.326 e. The molecule has 0 saturated heterocycles. The van der Waals surface area contributed by atoms with Crippen molar-refractivity contribution >= 4 is 23.7 Å². The third kappa shape index (κ3) is 13.5. The van der Waals surface area contributed by atoms with Crippen molar-refractivity contribution in [3.63, 3.8) is 0 Å². The van der Waals surface area contributed by atoms with Gasteiger partial charge in [-0.3, -0.25) is 14.4 Å². The summed E-state index contributed by atoms with van der Waals surface area (Å²) in [5.74, 6) is -2.22. The molecule has 0 saturated carbocycles. The molecule has 0 aromatic rings. The van der Waals surface area contributed by atoms with Crippen LogP contribution in [0.2, 0.25) is 0 Å². The lowest BCUT2D eigenvalue weighted by Crippen LogP contribution is -2.57. The van der Waals surface area contributed by atoms with Gasteiger partial charge in [0.05, 0.1) is 6.04 Å². The minimum absolute atomic E-state index is 0.0624. The molecule has 0 aromatic heterocycles. The Morgan fingerprint density at radius 2 is 1.12 bits per heavy atom. The van der Waals surface area contributed by atoms with Gasteiger partial charge in [0.2, 0.25) is 17.7 Å². The van der Waals surface area contributed by atoms with Crippen LogP contribution in [0.25, 0.3) is 0 Å². The number of amides is 3. The van der Waals surface area contributed by atoms with Crippen LogP contribution < -0.4 is 27.4 Å². The zero-order chi connectivity index (χ0) is 26.4. The van der Waals surface area contributed by atoms with Crippen molar-refractivity contribution in [3.05, 3.63) is 0 Å². The lowest BCUT2D eigenvalue weighted by molar-refractivity contribution is -0.142. The number of carbonyl (C=O) groups excluding carboxylic acids is 3. The largest absolute Gasteiger partial charge is 0.480 e. The highest BCUT2D eigenvalue weighted by Crippen LogP contribution is 2.10. The summed E-state index contributed by atoms with van der Waals surface area (Å²) in [5, 5.41) is 17.5. The average molecular weight is 486 g/mol. The first-order valence-electron chi connectivity index (χ1n) is 12.4. The van der Waals surface area contributed by atoms with E-state index < -0.39 is 47.9 Å². The van der Waals surface area contributed by atoms with Crippen LogP contribution in [0.3, 0.4) is 0 Å². The van der Waals surface area contributed by atoms with Crippen molar-refractivity contribution in [2.45, 2.75) is 104 Å². The fraction of sp³-hybridized carbons (Fsp3) is 0.833. The standard InChI is InChI=1S/C24H47N5O5/c1-14(2)11-17(26)21(30)28-19(12-15(3)4)23(32)27-18(9-7-8-10-25)22(31)29-20(24(33)34)13-16(5)6/h14-20H,7-13,25-26H2,1-6H3,(H,27,32)(H,28,30)(H,29,31)(H,33,34). The fourth-order valence-corrected chi connectivity index (χ4v) is 3.60. The molecule has 0 bridgehead atoms. The van der Waals surface area contributed by atoms with Crippen LogP contribution in [0, 0.1) is 17.8 Å². The van der Waals surface area contributed by atoms with Gasteiger partial charge in [-0.25, -0.2) is 4.79 Å². The Bertz CT molecular complexity index is 654. The Hall–Kier alpha value is -2.20. The Kier molecular flexibility index (Phi) is 15.4. The molecule has 198 valence electrons. The third-order valence-electron chi connectivity index (χ3n) is 5.30. The first-order chi connectivity index (χ1) is 15.8. The number of hydrogen-bond acceptors (Lipinski definition) is 6. The highest BCUT2D eigenvalue weighted by Gasteiger charge is 2.30. The number of nitrogens with two attached hydrogens (primary N) is 2. The van der Waals surface area contributed by atoms with Gasteiger partial charge in [-0.15, -0.1) is 0 Å². The number of hydrogen-bond donors (Lipinski definition) is 6. The number of aliphatic carboxylic acids is 1. The summed E-state index contributed by atoms with van der Waals surface area (Å²) in [5.41, 5.74) is 11.5. The van der Waals surface area contributed by atoms with Crippen LogP contribution >= 0.6 is 0 Å². The average Bonchev–Trinajstić information content (AvgIpc) is 2.70. The number of unbranched alkanes of at least 4 members (excludes halogenated alkanes) is 1. The van der Waals surface area contributed by atoms with Crippen LogP contribution in [-0.4, -0.2) is 59.5 Å². The SMILES string of the molecule is CC(C)CC(N)C(=O)NC(CC(C)C)C(=O)NC(CCCCN)C(=O)NC(CC(C)C)C(=O)O. The second kappa shape index (κ2) is 16.4. The molecule has 0 rings (SSSR count). The highest BCUT2D eigenvalue weighted by atomic mass is 16.4. The Morgan fingerprint density at radius 3 is 1.59 bits per heavy atom. The summed E-state index contributed by atoms with van der Waals surface area (Å²) in [7, 11) is 0. The van der Waals surface area contributed by atoms with Gasteiger partial charge in [-0.2, -0.15) is 0 Å². The molecule has 4 unspecified atom stereocenters. The molecule has 0 aliphatic heterocycles. The Morgan fingerprint density at radius 1 is 0.676 bits per heavy atom. The molecule has 0 aromatic carbocycles. The number of carboxylic acid groups (broad SMARTS) is 1. The molecule has 0 spiro atoms. The molecule has 0 aliphatic carbocycles. The summed E-state index contributed by atoms with van der Waals surface area (Å²) in [6.07, 6.45) is 2.66. The van der Waals surface area contributed by atoms with E-state index >= 15 is 0 Å². The summed E-state index contributed by atoms with van der Waals surface area (Å²) in [6, 6.07) is -3.59. The number of nitrogens with one attached hydrogen (secondary N) is 3. The van der Waals surface area contributed by atoms with E-state index in [9.17, 15) is 24.3 Å². The molecule has 8 N–H and O–H groups in total. The predicted octanol–water partition coefficient (Wildman–Crippen LogP) is 1.12. The number of carboxylic acids is 1. The number of carbonyl (C=O) groups is 4. The van der Waals surface area contributed by atoms with Gasteiger partial charge in [0, 0.05) is 0 Å². The molecular formula is C24H47N5O5. The van der Waals surface area contributed by atoms with Crippen LogP contribution in [0.4, 0.5) is 0 Å². The van der Waals surface area contributed by atoms with Gasteiger partial charge in [0.1, 0.15) is 18.1 Å². The Balaban J connectivity index is 5.51. The van der Waals surface area contributed by atoms with E-state index in [0.717, 1.165) is 0 Å². The van der Waals surface area contributed by atoms with Crippen LogP contribution in [-0.2, 0) is 19.2 Å². The molecule has 3 amide bonds. The molecule has 10 heteroatoms. The number of rotatable bonds is 17. The van der Waals surface area contributed by atoms with Crippen molar-refractivity contribution in [3.8, 4) is 0 Å². The summed E-state index contributed by atoms with van der Waals surface area (Å²) >= 11 is 0. The van der Waals surface area contributed by atoms with Gasteiger partial charge in [0.25, 0.3) is 0 Å². The zero-order valence-electron chi connectivity index (χ0n) is 21.7. The first-order valence-corrected chi connectivity index (χ1v) is 12.4. The summed E-state index contributed by atoms with van der Waals surface area (Å²) < 4.78 is 0. The molecule has 4 atom stereocenters. The van der Waals surface area contributed by atoms with E-state index in [1.165, 1.54) is 0 Å². The highest BCUT2D eigenvalue weighted by molar-refractivity contribution is 5.94. The molecule has 0 radical (unpaired) electrons. The lowest BCUT2D eigenvalue weighted by Gasteiger charge is -2.26. The predicted molar refractivity (Wildman–Crippen MR) is 133 cm³/mol. The minimum Gasteiger partial charge on any atom is -0.480 e. The minimum atomic E-state index is -1.13. The monoisotopic (exact) mass is 485 g/mol. The molecule has 0 fully saturated rings. The smallest absolute Gasteiger partial charge is 0.326 e. The fourth-order valence-electron chi connectivity index (χ4n) is 3.60. The molecule has 10 nitrogen and oxygen atoms in total. The normalized spacial score (nSPS) is 15.0. The van der Waals surface area contributed by atoms with Crippen molar-refractivity contribution in [1.82, 2.24) is 16.0 Å². The molecule has 34 heavy (non-hydrogen) atoms. The van der Waals surface area contributed by atoms with Crippen LogP contribution in [0.1, 0.15) is 80.1 Å². The molecule has 0 heterocycles. The van der Waals surface area contributed by atoms with Crippen LogP contribution in [0.5, 0.6) is 0 Å². The van der Waals surface area contributed by atoms with Gasteiger partial charge in [-0.05, 0) is 62.8 Å². The van der Waals surface area contributed by atoms with Gasteiger partial charge in [-0.1, -0.05) is 41.5 Å². The summed E-state index contributed by atoms with van der Waals surface area (Å²) in [6.45, 7) is 11.9. The zero-order valence-corrected chi connectivity index (χ0v) is 21.7. The Labute approximate surface area is 204 Å². The first kappa shape index (κ1) is 31.8. The maximum absolute atomic E-state index is 13.1. The van der Waals surface area contributed by atoms with E-state index in [1.807, 2.05) is 41.5 Å². The summed E-state index contributed by atoms with van der Waals surface area (Å²) in [4.78, 5) is 50.2. The van der Waals surface area contributed by atoms with Crippen molar-refractivity contribution in [2.75, 3.05) is 6.54 Å². The molecular weight excluding hydrogens is 438 g/mol. The van der Waals surface area contributed by atoms with Crippen LogP contribution in [0.15, 0.2) is 0 Å². The van der Waals surface area contributed by atoms with Gasteiger partial charge >= 0.3 is 5.97 Å². The van der Waals surface area contributed by atoms with E-state index in [0.29, 0.717) is 38.6 Å². The van der Waals surface area contributed by atoms with E-state index in [4.69, 9.17) is 11.5 Å². The van der Waals surface area contributed by atoms with Crippen molar-refractivity contribution in [1.29, 1.82) is 0 Å². The van der Waals surface area contributed by atoms with Gasteiger partial charge < -0.3 is 32.5 Å². The lowest BCUT2D eigenvalue weighted by atomic mass is 9.99. The quantitative estimate of drug-likeness (QED) is 0.167. The topological polar surface area (TPSA) is 177 Å².